The van der Waals surface area contributed by atoms with Gasteiger partial charge in [-0.2, -0.15) is 0 Å². The van der Waals surface area contributed by atoms with Crippen LogP contribution in [0.4, 0.5) is 0 Å². The number of nitrogens with two attached hydrogens (primary N) is 1. The van der Waals surface area contributed by atoms with Gasteiger partial charge in [-0.05, 0) is 24.3 Å². The maximum Gasteiger partial charge on any atom is 0.0939 e. The van der Waals surface area contributed by atoms with Crippen molar-refractivity contribution in [3.05, 3.63) is 35.9 Å². The molecule has 2 heterocycles. The second kappa shape index (κ2) is 5.71. The summed E-state index contributed by atoms with van der Waals surface area (Å²) in [5.41, 5.74) is 7.95. The van der Waals surface area contributed by atoms with Gasteiger partial charge in [-0.15, -0.1) is 0 Å². The van der Waals surface area contributed by atoms with E-state index in [-0.39, 0.29) is 17.1 Å². The molecule has 0 saturated carbocycles. The first-order chi connectivity index (χ1) is 10.0. The third kappa shape index (κ3) is 2.87. The van der Waals surface area contributed by atoms with Crippen LogP contribution in [0.3, 0.4) is 0 Å². The van der Waals surface area contributed by atoms with Crippen LogP contribution >= 0.6 is 0 Å². The van der Waals surface area contributed by atoms with Gasteiger partial charge in [0, 0.05) is 31.1 Å². The van der Waals surface area contributed by atoms with Crippen LogP contribution in [0.2, 0.25) is 0 Å². The van der Waals surface area contributed by atoms with E-state index in [1.807, 2.05) is 0 Å². The molecule has 3 nitrogen and oxygen atoms in total. The lowest BCUT2D eigenvalue weighted by atomic mass is 9.69. The van der Waals surface area contributed by atoms with Gasteiger partial charge in [0.05, 0.1) is 12.2 Å². The average molecular weight is 289 g/mol. The van der Waals surface area contributed by atoms with Crippen molar-refractivity contribution in [1.82, 2.24) is 0 Å². The smallest absolute Gasteiger partial charge is 0.0939 e. The molecule has 3 heteroatoms. The van der Waals surface area contributed by atoms with Crippen molar-refractivity contribution in [3.63, 3.8) is 0 Å². The number of hydrogen-bond donors (Lipinski definition) is 1. The minimum absolute atomic E-state index is 0.0239. The molecule has 2 aliphatic rings. The van der Waals surface area contributed by atoms with Gasteiger partial charge in [0.1, 0.15) is 0 Å². The molecule has 116 valence electrons. The molecule has 0 amide bonds. The van der Waals surface area contributed by atoms with Gasteiger partial charge in [-0.1, -0.05) is 44.2 Å². The van der Waals surface area contributed by atoms with E-state index in [0.29, 0.717) is 5.92 Å². The second-order valence-corrected chi connectivity index (χ2v) is 7.20. The van der Waals surface area contributed by atoms with Crippen LogP contribution in [-0.4, -0.2) is 31.5 Å². The third-order valence-corrected chi connectivity index (χ3v) is 5.46. The number of hydrogen-bond acceptors (Lipinski definition) is 3. The maximum absolute atomic E-state index is 6.71. The summed E-state index contributed by atoms with van der Waals surface area (Å²) in [5, 5.41) is 0. The topological polar surface area (TPSA) is 44.5 Å². The van der Waals surface area contributed by atoms with E-state index in [9.17, 15) is 0 Å². The van der Waals surface area contributed by atoms with E-state index in [1.54, 1.807) is 0 Å². The molecule has 2 saturated heterocycles. The fourth-order valence-corrected chi connectivity index (χ4v) is 3.88. The van der Waals surface area contributed by atoms with E-state index in [0.717, 1.165) is 39.1 Å². The third-order valence-electron chi connectivity index (χ3n) is 5.46. The monoisotopic (exact) mass is 289 g/mol. The lowest BCUT2D eigenvalue weighted by Crippen LogP contribution is -2.52. The zero-order valence-electron chi connectivity index (χ0n) is 13.2. The summed E-state index contributed by atoms with van der Waals surface area (Å²) < 4.78 is 11.6. The van der Waals surface area contributed by atoms with Gasteiger partial charge in [0.25, 0.3) is 0 Å². The highest BCUT2D eigenvalue weighted by Gasteiger charge is 2.45. The molecular formula is C18H27NO2. The molecule has 3 rings (SSSR count). The van der Waals surface area contributed by atoms with E-state index in [2.05, 4.69) is 44.2 Å². The molecule has 1 aromatic carbocycles. The van der Waals surface area contributed by atoms with Crippen molar-refractivity contribution in [2.75, 3.05) is 19.8 Å². The molecule has 1 spiro atoms. The molecule has 0 aliphatic carbocycles. The summed E-state index contributed by atoms with van der Waals surface area (Å²) in [6, 6.07) is 10.8. The Bertz CT molecular complexity index is 465. The average Bonchev–Trinajstić information content (AvgIpc) is 2.95. The van der Waals surface area contributed by atoms with E-state index < -0.39 is 0 Å². The molecule has 0 bridgehead atoms. The van der Waals surface area contributed by atoms with Crippen molar-refractivity contribution in [3.8, 4) is 0 Å². The Morgan fingerprint density at radius 2 is 2.00 bits per heavy atom. The summed E-state index contributed by atoms with van der Waals surface area (Å²) in [4.78, 5) is 0. The SMILES string of the molecule is CC(C)(c1ccccc1)C(N)C1CCOC2(CCOC2)C1. The predicted molar refractivity (Wildman–Crippen MR) is 84.3 cm³/mol. The van der Waals surface area contributed by atoms with Crippen molar-refractivity contribution in [2.24, 2.45) is 11.7 Å². The summed E-state index contributed by atoms with van der Waals surface area (Å²) >= 11 is 0. The van der Waals surface area contributed by atoms with E-state index in [4.69, 9.17) is 15.2 Å². The first-order valence-corrected chi connectivity index (χ1v) is 8.06. The van der Waals surface area contributed by atoms with Gasteiger partial charge in [0.15, 0.2) is 0 Å². The fourth-order valence-electron chi connectivity index (χ4n) is 3.88. The highest BCUT2D eigenvalue weighted by molar-refractivity contribution is 5.26. The highest BCUT2D eigenvalue weighted by Crippen LogP contribution is 2.41. The molecule has 0 radical (unpaired) electrons. The van der Waals surface area contributed by atoms with Gasteiger partial charge in [-0.25, -0.2) is 0 Å². The molecule has 2 fully saturated rings. The first kappa shape index (κ1) is 15.0. The lowest BCUT2D eigenvalue weighted by Gasteiger charge is -2.44. The number of benzene rings is 1. The van der Waals surface area contributed by atoms with Gasteiger partial charge >= 0.3 is 0 Å². The Morgan fingerprint density at radius 1 is 1.24 bits per heavy atom. The summed E-state index contributed by atoms with van der Waals surface area (Å²) in [5.74, 6) is 0.496. The Hall–Kier alpha value is -0.900. The summed E-state index contributed by atoms with van der Waals surface area (Å²) in [6.07, 6.45) is 3.10. The second-order valence-electron chi connectivity index (χ2n) is 7.20. The lowest BCUT2D eigenvalue weighted by molar-refractivity contribution is -0.104. The van der Waals surface area contributed by atoms with E-state index >= 15 is 0 Å². The van der Waals surface area contributed by atoms with Crippen LogP contribution in [0.25, 0.3) is 0 Å². The van der Waals surface area contributed by atoms with E-state index in [1.165, 1.54) is 5.56 Å². The molecule has 3 unspecified atom stereocenters. The van der Waals surface area contributed by atoms with Crippen molar-refractivity contribution >= 4 is 0 Å². The molecular weight excluding hydrogens is 262 g/mol. The zero-order chi connectivity index (χ0) is 14.9. The van der Waals surface area contributed by atoms with Crippen molar-refractivity contribution in [1.29, 1.82) is 0 Å². The Morgan fingerprint density at radius 3 is 2.67 bits per heavy atom. The zero-order valence-corrected chi connectivity index (χ0v) is 13.2. The number of rotatable bonds is 3. The van der Waals surface area contributed by atoms with Crippen LogP contribution in [0.5, 0.6) is 0 Å². The first-order valence-electron chi connectivity index (χ1n) is 8.06. The Labute approximate surface area is 127 Å². The quantitative estimate of drug-likeness (QED) is 0.930. The standard InChI is InChI=1S/C18H27NO2/c1-17(2,15-6-4-3-5-7-15)16(19)14-8-10-21-18(12-14)9-11-20-13-18/h3-7,14,16H,8-13,19H2,1-2H3. The predicted octanol–water partition coefficient (Wildman–Crippen LogP) is 2.88. The molecule has 0 aromatic heterocycles. The van der Waals surface area contributed by atoms with Gasteiger partial charge in [0.2, 0.25) is 0 Å². The largest absolute Gasteiger partial charge is 0.378 e. The Kier molecular flexibility index (Phi) is 4.08. The normalized spacial score (nSPS) is 31.5. The van der Waals surface area contributed by atoms with Crippen LogP contribution in [-0.2, 0) is 14.9 Å². The highest BCUT2D eigenvalue weighted by atomic mass is 16.6. The molecule has 2 aliphatic heterocycles. The van der Waals surface area contributed by atoms with Gasteiger partial charge < -0.3 is 15.2 Å². The minimum Gasteiger partial charge on any atom is -0.378 e. The molecule has 3 atom stereocenters. The van der Waals surface area contributed by atoms with Crippen molar-refractivity contribution in [2.45, 2.75) is 50.2 Å². The number of ether oxygens (including phenoxy) is 2. The van der Waals surface area contributed by atoms with Crippen LogP contribution in [0.1, 0.15) is 38.7 Å². The minimum atomic E-state index is -0.0622. The molecule has 2 N–H and O–H groups in total. The fraction of sp³-hybridized carbons (Fsp3) is 0.667. The van der Waals surface area contributed by atoms with Crippen LogP contribution in [0.15, 0.2) is 30.3 Å². The Balaban J connectivity index is 1.76. The van der Waals surface area contributed by atoms with Gasteiger partial charge in [-0.3, -0.25) is 0 Å². The molecule has 21 heavy (non-hydrogen) atoms. The maximum atomic E-state index is 6.71. The van der Waals surface area contributed by atoms with Crippen LogP contribution < -0.4 is 5.73 Å². The summed E-state index contributed by atoms with van der Waals surface area (Å²) in [7, 11) is 0. The van der Waals surface area contributed by atoms with Crippen molar-refractivity contribution < 1.29 is 9.47 Å². The van der Waals surface area contributed by atoms with Crippen LogP contribution in [0, 0.1) is 5.92 Å². The summed E-state index contributed by atoms with van der Waals surface area (Å²) in [6.45, 7) is 6.90. The molecule has 1 aromatic rings.